The van der Waals surface area contributed by atoms with E-state index in [1.807, 2.05) is 0 Å². The molecule has 0 bridgehead atoms. The summed E-state index contributed by atoms with van der Waals surface area (Å²) in [5.74, 6) is -0.429. The first-order valence-corrected chi connectivity index (χ1v) is 8.53. The van der Waals surface area contributed by atoms with Gasteiger partial charge in [0.15, 0.2) is 0 Å². The smallest absolute Gasteiger partial charge is 0.271 e. The number of carbonyl (C=O) groups is 1. The molecule has 0 aliphatic rings. The van der Waals surface area contributed by atoms with E-state index in [4.69, 9.17) is 0 Å². The number of rotatable bonds is 5. The normalized spacial score (nSPS) is 11.0. The van der Waals surface area contributed by atoms with Gasteiger partial charge in [-0.3, -0.25) is 14.3 Å². The van der Waals surface area contributed by atoms with Gasteiger partial charge in [0.2, 0.25) is 10.0 Å². The third-order valence-electron chi connectivity index (χ3n) is 2.88. The molecule has 0 atom stereocenters. The van der Waals surface area contributed by atoms with Crippen LogP contribution in [0.1, 0.15) is 16.1 Å². The van der Waals surface area contributed by atoms with Crippen molar-refractivity contribution in [2.75, 3.05) is 11.0 Å². The van der Waals surface area contributed by atoms with E-state index in [1.165, 1.54) is 19.2 Å². The number of sulfonamides is 1. The number of aromatic nitrogens is 2. The first kappa shape index (κ1) is 16.7. The minimum atomic E-state index is -3.36. The maximum atomic E-state index is 12.0. The van der Waals surface area contributed by atoms with Crippen molar-refractivity contribution in [1.82, 2.24) is 15.1 Å². The summed E-state index contributed by atoms with van der Waals surface area (Å²) >= 11 is 0. The highest BCUT2D eigenvalue weighted by atomic mass is 32.2. The van der Waals surface area contributed by atoms with Crippen LogP contribution in [0, 0.1) is 0 Å². The Morgan fingerprint density at radius 2 is 2.00 bits per heavy atom. The summed E-state index contributed by atoms with van der Waals surface area (Å²) in [6.45, 7) is 0.197. The summed E-state index contributed by atoms with van der Waals surface area (Å²) in [7, 11) is -1.90. The zero-order valence-electron chi connectivity index (χ0n) is 12.6. The van der Waals surface area contributed by atoms with E-state index < -0.39 is 15.9 Å². The molecule has 1 aromatic heterocycles. The Balaban J connectivity index is 2.05. The molecule has 0 aliphatic carbocycles. The molecular formula is C14H16N4O4S. The van der Waals surface area contributed by atoms with Crippen LogP contribution < -0.4 is 15.6 Å². The first-order valence-electron chi connectivity index (χ1n) is 6.64. The number of aryl methyl sites for hydroxylation is 1. The van der Waals surface area contributed by atoms with Gasteiger partial charge < -0.3 is 5.32 Å². The number of carbonyl (C=O) groups excluding carboxylic acids is 1. The van der Waals surface area contributed by atoms with Crippen LogP contribution in [-0.2, 0) is 23.6 Å². The van der Waals surface area contributed by atoms with Crippen molar-refractivity contribution in [3.8, 4) is 0 Å². The zero-order chi connectivity index (χ0) is 17.0. The summed E-state index contributed by atoms with van der Waals surface area (Å²) in [6, 6.07) is 9.27. The molecule has 1 aromatic carbocycles. The fourth-order valence-corrected chi connectivity index (χ4v) is 2.41. The zero-order valence-corrected chi connectivity index (χ0v) is 13.4. The Morgan fingerprint density at radius 1 is 1.26 bits per heavy atom. The molecule has 9 heteroatoms. The molecule has 23 heavy (non-hydrogen) atoms. The number of benzene rings is 1. The average molecular weight is 336 g/mol. The minimum Gasteiger partial charge on any atom is -0.347 e. The van der Waals surface area contributed by atoms with E-state index >= 15 is 0 Å². The second kappa shape index (κ2) is 6.61. The van der Waals surface area contributed by atoms with Gasteiger partial charge in [0, 0.05) is 25.3 Å². The summed E-state index contributed by atoms with van der Waals surface area (Å²) in [4.78, 5) is 23.2. The number of nitrogens with one attached hydrogen (secondary N) is 2. The van der Waals surface area contributed by atoms with E-state index in [0.29, 0.717) is 5.69 Å². The predicted octanol–water partition coefficient (Wildman–Crippen LogP) is 0.0818. The predicted molar refractivity (Wildman–Crippen MR) is 85.6 cm³/mol. The molecule has 122 valence electrons. The molecule has 0 fully saturated rings. The van der Waals surface area contributed by atoms with Crippen LogP contribution in [0.25, 0.3) is 0 Å². The van der Waals surface area contributed by atoms with Crippen LogP contribution in [0.2, 0.25) is 0 Å². The lowest BCUT2D eigenvalue weighted by atomic mass is 10.2. The molecule has 0 unspecified atom stereocenters. The van der Waals surface area contributed by atoms with E-state index in [0.717, 1.165) is 16.5 Å². The maximum Gasteiger partial charge on any atom is 0.271 e. The topological polar surface area (TPSA) is 110 Å². The highest BCUT2D eigenvalue weighted by molar-refractivity contribution is 7.92. The lowest BCUT2D eigenvalue weighted by molar-refractivity contribution is 0.0943. The van der Waals surface area contributed by atoms with Gasteiger partial charge in [-0.25, -0.2) is 13.1 Å². The van der Waals surface area contributed by atoms with Gasteiger partial charge >= 0.3 is 0 Å². The molecule has 8 nitrogen and oxygen atoms in total. The molecule has 0 spiro atoms. The molecule has 2 N–H and O–H groups in total. The quantitative estimate of drug-likeness (QED) is 0.803. The highest BCUT2D eigenvalue weighted by Gasteiger charge is 2.09. The highest BCUT2D eigenvalue weighted by Crippen LogP contribution is 2.11. The lowest BCUT2D eigenvalue weighted by Crippen LogP contribution is -2.28. The molecule has 0 aliphatic heterocycles. The van der Waals surface area contributed by atoms with Crippen molar-refractivity contribution in [3.63, 3.8) is 0 Å². The second-order valence-electron chi connectivity index (χ2n) is 4.94. The number of anilines is 1. The number of amides is 1. The van der Waals surface area contributed by atoms with E-state index in [2.05, 4.69) is 15.1 Å². The Bertz CT molecular complexity index is 890. The molecule has 0 saturated carbocycles. The monoisotopic (exact) mass is 336 g/mol. The van der Waals surface area contributed by atoms with Crippen LogP contribution in [0.4, 0.5) is 5.69 Å². The lowest BCUT2D eigenvalue weighted by Gasteiger charge is -2.08. The standard InChI is InChI=1S/C14H16N4O4S/c1-18-13(19)7-6-12(16-18)14(20)15-9-10-4-3-5-11(8-10)17-23(2,21)22/h3-8,17H,9H2,1-2H3,(H,15,20). The van der Waals surface area contributed by atoms with Crippen molar-refractivity contribution in [2.24, 2.45) is 7.05 Å². The van der Waals surface area contributed by atoms with Gasteiger partial charge in [0.25, 0.3) is 11.5 Å². The van der Waals surface area contributed by atoms with Crippen molar-refractivity contribution in [2.45, 2.75) is 6.54 Å². The molecule has 2 rings (SSSR count). The third kappa shape index (κ3) is 4.92. The number of hydrogen-bond donors (Lipinski definition) is 2. The number of hydrogen-bond acceptors (Lipinski definition) is 5. The van der Waals surface area contributed by atoms with Crippen molar-refractivity contribution >= 4 is 21.6 Å². The van der Waals surface area contributed by atoms with Gasteiger partial charge in [-0.1, -0.05) is 12.1 Å². The molecule has 1 heterocycles. The van der Waals surface area contributed by atoms with Gasteiger partial charge in [-0.2, -0.15) is 5.10 Å². The molecule has 1 amide bonds. The van der Waals surface area contributed by atoms with Crippen molar-refractivity contribution in [3.05, 3.63) is 58.0 Å². The largest absolute Gasteiger partial charge is 0.347 e. The third-order valence-corrected chi connectivity index (χ3v) is 3.48. The van der Waals surface area contributed by atoms with Crippen LogP contribution in [-0.4, -0.2) is 30.4 Å². The average Bonchev–Trinajstić information content (AvgIpc) is 2.46. The first-order chi connectivity index (χ1) is 10.7. The molecule has 0 radical (unpaired) electrons. The van der Waals surface area contributed by atoms with E-state index in [9.17, 15) is 18.0 Å². The number of nitrogens with zero attached hydrogens (tertiary/aromatic N) is 2. The minimum absolute atomic E-state index is 0.123. The summed E-state index contributed by atoms with van der Waals surface area (Å²) in [5, 5.41) is 6.51. The van der Waals surface area contributed by atoms with Crippen LogP contribution in [0.3, 0.4) is 0 Å². The second-order valence-corrected chi connectivity index (χ2v) is 6.69. The molecular weight excluding hydrogens is 320 g/mol. The Hall–Kier alpha value is -2.68. The molecule has 0 saturated heterocycles. The Labute approximate surface area is 133 Å². The summed E-state index contributed by atoms with van der Waals surface area (Å²) < 4.78 is 25.8. The van der Waals surface area contributed by atoms with Gasteiger partial charge in [0.1, 0.15) is 5.69 Å². The Morgan fingerprint density at radius 3 is 2.65 bits per heavy atom. The maximum absolute atomic E-state index is 12.0. The Kier molecular flexibility index (Phi) is 4.80. The summed E-state index contributed by atoms with van der Waals surface area (Å²) in [6.07, 6.45) is 1.06. The van der Waals surface area contributed by atoms with Crippen molar-refractivity contribution < 1.29 is 13.2 Å². The van der Waals surface area contributed by atoms with Gasteiger partial charge in [0.05, 0.1) is 6.26 Å². The fraction of sp³-hybridized carbons (Fsp3) is 0.214. The van der Waals surface area contributed by atoms with Gasteiger partial charge in [-0.15, -0.1) is 0 Å². The molecule has 2 aromatic rings. The van der Waals surface area contributed by atoms with E-state index in [1.54, 1.807) is 24.3 Å². The van der Waals surface area contributed by atoms with Crippen LogP contribution in [0.15, 0.2) is 41.2 Å². The van der Waals surface area contributed by atoms with Crippen molar-refractivity contribution in [1.29, 1.82) is 0 Å². The van der Waals surface area contributed by atoms with Crippen LogP contribution in [0.5, 0.6) is 0 Å². The fourth-order valence-electron chi connectivity index (χ4n) is 1.86. The van der Waals surface area contributed by atoms with E-state index in [-0.39, 0.29) is 17.8 Å². The summed E-state index contributed by atoms with van der Waals surface area (Å²) in [5.41, 5.74) is 0.954. The van der Waals surface area contributed by atoms with Gasteiger partial charge in [-0.05, 0) is 23.8 Å². The SMILES string of the molecule is Cn1nc(C(=O)NCc2cccc(NS(C)(=O)=O)c2)ccc1=O. The van der Waals surface area contributed by atoms with Crippen LogP contribution >= 0.6 is 0 Å².